The minimum atomic E-state index is 0.689. The summed E-state index contributed by atoms with van der Waals surface area (Å²) < 4.78 is 0. The van der Waals surface area contributed by atoms with Gasteiger partial charge in [-0.15, -0.1) is 0 Å². The average molecular weight is 291 g/mol. The molecule has 1 rings (SSSR count). The van der Waals surface area contributed by atoms with Crippen LogP contribution in [-0.4, -0.2) is 24.6 Å². The Labute approximate surface area is 131 Å². The Hall–Kier alpha value is -1.09. The fraction of sp³-hybridized carbons (Fsp3) is 0.722. The molecule has 0 amide bonds. The fourth-order valence-electron chi connectivity index (χ4n) is 2.46. The second-order valence-corrected chi connectivity index (χ2v) is 6.19. The van der Waals surface area contributed by atoms with Crippen molar-refractivity contribution in [3.05, 3.63) is 23.4 Å². The van der Waals surface area contributed by atoms with Crippen molar-refractivity contribution in [1.29, 1.82) is 0 Å². The zero-order valence-electron chi connectivity index (χ0n) is 14.6. The van der Waals surface area contributed by atoms with E-state index in [-0.39, 0.29) is 0 Å². The Morgan fingerprint density at radius 3 is 2.29 bits per heavy atom. The molecular weight excluding hydrogens is 258 g/mol. The molecule has 1 aromatic heterocycles. The van der Waals surface area contributed by atoms with Gasteiger partial charge < -0.3 is 10.2 Å². The normalized spacial score (nSPS) is 11.1. The molecule has 1 N–H and O–H groups in total. The standard InChI is InChI=1S/C18H33N3/c1-6-9-21(10-7-2)18-12-16(11-17(8-3)20-18)14-19-13-15(4)5/h11-12,15,19H,6-10,13-14H2,1-5H3. The third-order valence-electron chi connectivity index (χ3n) is 3.48. The van der Waals surface area contributed by atoms with Gasteiger partial charge in [-0.25, -0.2) is 4.98 Å². The van der Waals surface area contributed by atoms with Crippen molar-refractivity contribution in [1.82, 2.24) is 10.3 Å². The molecule has 1 heterocycles. The average Bonchev–Trinajstić information content (AvgIpc) is 2.46. The Kier molecular flexibility index (Phi) is 8.36. The predicted octanol–water partition coefficient (Wildman–Crippen LogP) is 4.02. The highest BCUT2D eigenvalue weighted by atomic mass is 15.2. The maximum atomic E-state index is 4.83. The molecule has 3 heteroatoms. The number of aromatic nitrogens is 1. The van der Waals surface area contributed by atoms with Gasteiger partial charge in [0.1, 0.15) is 5.82 Å². The molecule has 21 heavy (non-hydrogen) atoms. The Morgan fingerprint density at radius 2 is 1.76 bits per heavy atom. The topological polar surface area (TPSA) is 28.2 Å². The monoisotopic (exact) mass is 291 g/mol. The van der Waals surface area contributed by atoms with Crippen LogP contribution in [0.4, 0.5) is 5.82 Å². The number of pyridine rings is 1. The molecule has 0 spiro atoms. The molecule has 0 bridgehead atoms. The molecule has 0 fully saturated rings. The first-order valence-electron chi connectivity index (χ1n) is 8.56. The van der Waals surface area contributed by atoms with Crippen LogP contribution in [0.3, 0.4) is 0 Å². The molecule has 0 radical (unpaired) electrons. The number of anilines is 1. The molecule has 0 aliphatic carbocycles. The van der Waals surface area contributed by atoms with Gasteiger partial charge in [0.2, 0.25) is 0 Å². The summed E-state index contributed by atoms with van der Waals surface area (Å²) in [5, 5.41) is 3.54. The molecule has 0 aliphatic heterocycles. The summed E-state index contributed by atoms with van der Waals surface area (Å²) in [4.78, 5) is 7.25. The molecule has 0 saturated heterocycles. The summed E-state index contributed by atoms with van der Waals surface area (Å²) >= 11 is 0. The van der Waals surface area contributed by atoms with Crippen LogP contribution in [0.1, 0.15) is 58.7 Å². The van der Waals surface area contributed by atoms with E-state index in [2.05, 4.69) is 57.0 Å². The van der Waals surface area contributed by atoms with Crippen LogP contribution in [0.5, 0.6) is 0 Å². The smallest absolute Gasteiger partial charge is 0.129 e. The van der Waals surface area contributed by atoms with Gasteiger partial charge in [-0.05, 0) is 49.4 Å². The SMILES string of the molecule is CCCN(CCC)c1cc(CNCC(C)C)cc(CC)n1. The molecule has 0 saturated carbocycles. The van der Waals surface area contributed by atoms with E-state index in [1.54, 1.807) is 0 Å². The van der Waals surface area contributed by atoms with Gasteiger partial charge in [0.05, 0.1) is 0 Å². The van der Waals surface area contributed by atoms with Gasteiger partial charge >= 0.3 is 0 Å². The summed E-state index contributed by atoms with van der Waals surface area (Å²) in [5.41, 5.74) is 2.56. The fourth-order valence-corrected chi connectivity index (χ4v) is 2.46. The van der Waals surface area contributed by atoms with Crippen LogP contribution < -0.4 is 10.2 Å². The lowest BCUT2D eigenvalue weighted by molar-refractivity contribution is 0.552. The van der Waals surface area contributed by atoms with Crippen LogP contribution in [-0.2, 0) is 13.0 Å². The van der Waals surface area contributed by atoms with Crippen molar-refractivity contribution in [3.63, 3.8) is 0 Å². The molecular formula is C18H33N3. The van der Waals surface area contributed by atoms with Crippen LogP contribution in [0.2, 0.25) is 0 Å². The minimum Gasteiger partial charge on any atom is -0.357 e. The molecule has 1 aromatic rings. The number of aryl methyl sites for hydroxylation is 1. The highest BCUT2D eigenvalue weighted by molar-refractivity contribution is 5.42. The molecule has 0 unspecified atom stereocenters. The van der Waals surface area contributed by atoms with Crippen molar-refractivity contribution < 1.29 is 0 Å². The minimum absolute atomic E-state index is 0.689. The second kappa shape index (κ2) is 9.78. The highest BCUT2D eigenvalue weighted by Crippen LogP contribution is 2.17. The van der Waals surface area contributed by atoms with E-state index >= 15 is 0 Å². The molecule has 0 aliphatic rings. The first kappa shape index (κ1) is 18.0. The van der Waals surface area contributed by atoms with Crippen molar-refractivity contribution in [2.75, 3.05) is 24.5 Å². The maximum absolute atomic E-state index is 4.83. The number of nitrogens with one attached hydrogen (secondary N) is 1. The lowest BCUT2D eigenvalue weighted by Gasteiger charge is -2.24. The second-order valence-electron chi connectivity index (χ2n) is 6.19. The number of nitrogens with zero attached hydrogens (tertiary/aromatic N) is 2. The summed E-state index contributed by atoms with van der Waals surface area (Å²) in [7, 11) is 0. The van der Waals surface area contributed by atoms with Crippen molar-refractivity contribution in [2.24, 2.45) is 5.92 Å². The lowest BCUT2D eigenvalue weighted by atomic mass is 10.1. The molecule has 3 nitrogen and oxygen atoms in total. The highest BCUT2D eigenvalue weighted by Gasteiger charge is 2.09. The van der Waals surface area contributed by atoms with E-state index in [4.69, 9.17) is 4.98 Å². The van der Waals surface area contributed by atoms with Crippen LogP contribution in [0.25, 0.3) is 0 Å². The Morgan fingerprint density at radius 1 is 1.10 bits per heavy atom. The first-order chi connectivity index (χ1) is 10.1. The van der Waals surface area contributed by atoms with E-state index in [9.17, 15) is 0 Å². The van der Waals surface area contributed by atoms with Gasteiger partial charge in [-0.3, -0.25) is 0 Å². The number of rotatable bonds is 10. The summed E-state index contributed by atoms with van der Waals surface area (Å²) in [5.74, 6) is 1.84. The first-order valence-corrected chi connectivity index (χ1v) is 8.56. The summed E-state index contributed by atoms with van der Waals surface area (Å²) in [6.45, 7) is 15.3. The Balaban J connectivity index is 2.86. The molecule has 120 valence electrons. The zero-order valence-corrected chi connectivity index (χ0v) is 14.6. The largest absolute Gasteiger partial charge is 0.357 e. The van der Waals surface area contributed by atoms with E-state index in [0.717, 1.165) is 38.4 Å². The predicted molar refractivity (Wildman–Crippen MR) is 93.0 cm³/mol. The van der Waals surface area contributed by atoms with Gasteiger partial charge in [0, 0.05) is 25.3 Å². The third kappa shape index (κ3) is 6.47. The van der Waals surface area contributed by atoms with Crippen LogP contribution in [0.15, 0.2) is 12.1 Å². The number of hydrogen-bond donors (Lipinski definition) is 1. The van der Waals surface area contributed by atoms with Gasteiger partial charge in [0.15, 0.2) is 0 Å². The van der Waals surface area contributed by atoms with Crippen LogP contribution in [0, 0.1) is 5.92 Å². The Bertz CT molecular complexity index is 395. The van der Waals surface area contributed by atoms with Gasteiger partial charge in [0.25, 0.3) is 0 Å². The van der Waals surface area contributed by atoms with E-state index in [1.165, 1.54) is 24.1 Å². The third-order valence-corrected chi connectivity index (χ3v) is 3.48. The van der Waals surface area contributed by atoms with Crippen molar-refractivity contribution in [3.8, 4) is 0 Å². The van der Waals surface area contributed by atoms with E-state index < -0.39 is 0 Å². The summed E-state index contributed by atoms with van der Waals surface area (Å²) in [6.07, 6.45) is 3.33. The molecule has 0 atom stereocenters. The van der Waals surface area contributed by atoms with E-state index in [1.807, 2.05) is 0 Å². The maximum Gasteiger partial charge on any atom is 0.129 e. The number of hydrogen-bond acceptors (Lipinski definition) is 3. The van der Waals surface area contributed by atoms with Gasteiger partial charge in [-0.2, -0.15) is 0 Å². The lowest BCUT2D eigenvalue weighted by Crippen LogP contribution is -2.26. The van der Waals surface area contributed by atoms with Crippen molar-refractivity contribution in [2.45, 2.75) is 60.4 Å². The zero-order chi connectivity index (χ0) is 15.7. The van der Waals surface area contributed by atoms with E-state index in [0.29, 0.717) is 5.92 Å². The van der Waals surface area contributed by atoms with Crippen LogP contribution >= 0.6 is 0 Å². The summed E-state index contributed by atoms with van der Waals surface area (Å²) in [6, 6.07) is 4.50. The van der Waals surface area contributed by atoms with Crippen molar-refractivity contribution >= 4 is 5.82 Å². The molecule has 0 aromatic carbocycles. The van der Waals surface area contributed by atoms with Gasteiger partial charge in [-0.1, -0.05) is 34.6 Å². The quantitative estimate of drug-likeness (QED) is 0.706.